The number of carbonyl (C=O) groups is 1. The van der Waals surface area contributed by atoms with E-state index < -0.39 is 0 Å². The summed E-state index contributed by atoms with van der Waals surface area (Å²) in [4.78, 5) is 13.4. The minimum Gasteiger partial charge on any atom is -0.481 e. The Kier molecular flexibility index (Phi) is 3.19. The lowest BCUT2D eigenvalue weighted by Crippen LogP contribution is -2.39. The normalized spacial score (nSPS) is 14.6. The van der Waals surface area contributed by atoms with Gasteiger partial charge in [-0.25, -0.2) is 0 Å². The summed E-state index contributed by atoms with van der Waals surface area (Å²) in [5.41, 5.74) is 7.06. The summed E-state index contributed by atoms with van der Waals surface area (Å²) < 4.78 is 5.32. The molecule has 0 spiro atoms. The van der Waals surface area contributed by atoms with Crippen LogP contribution >= 0.6 is 11.6 Å². The summed E-state index contributed by atoms with van der Waals surface area (Å²) in [6.45, 7) is 0.682. The average molecular weight is 241 g/mol. The van der Waals surface area contributed by atoms with Crippen molar-refractivity contribution in [2.24, 2.45) is 0 Å². The number of hydrogen-bond donors (Lipinski definition) is 1. The first-order valence-electron chi connectivity index (χ1n) is 5.11. The van der Waals surface area contributed by atoms with Crippen molar-refractivity contribution in [3.8, 4) is 5.75 Å². The van der Waals surface area contributed by atoms with E-state index in [0.29, 0.717) is 23.9 Å². The van der Waals surface area contributed by atoms with E-state index in [-0.39, 0.29) is 12.5 Å². The standard InChI is InChI=1S/C11H13ClN2O2/c12-4-1-5-14-9-3-2-8(13)6-10(9)16-7-11(14)15/h2-3,6H,1,4-5,7,13H2. The van der Waals surface area contributed by atoms with E-state index in [9.17, 15) is 4.79 Å². The van der Waals surface area contributed by atoms with Crippen LogP contribution in [0, 0.1) is 0 Å². The first-order chi connectivity index (χ1) is 7.72. The molecule has 5 heteroatoms. The zero-order valence-electron chi connectivity index (χ0n) is 8.78. The smallest absolute Gasteiger partial charge is 0.265 e. The van der Waals surface area contributed by atoms with E-state index in [2.05, 4.69) is 0 Å². The summed E-state index contributed by atoms with van der Waals surface area (Å²) in [6.07, 6.45) is 0.761. The fourth-order valence-electron chi connectivity index (χ4n) is 1.68. The SMILES string of the molecule is Nc1ccc2c(c1)OCC(=O)N2CCCCl. The van der Waals surface area contributed by atoms with Crippen LogP contribution in [0.5, 0.6) is 5.75 Å². The highest BCUT2D eigenvalue weighted by atomic mass is 35.5. The first kappa shape index (κ1) is 11.1. The molecule has 1 aromatic carbocycles. The second-order valence-corrected chi connectivity index (χ2v) is 3.98. The first-order valence-corrected chi connectivity index (χ1v) is 5.64. The largest absolute Gasteiger partial charge is 0.481 e. The van der Waals surface area contributed by atoms with Crippen LogP contribution in [0.4, 0.5) is 11.4 Å². The van der Waals surface area contributed by atoms with Gasteiger partial charge in [0.05, 0.1) is 5.69 Å². The maximum absolute atomic E-state index is 11.7. The second-order valence-electron chi connectivity index (χ2n) is 3.60. The van der Waals surface area contributed by atoms with Crippen LogP contribution in [-0.2, 0) is 4.79 Å². The van der Waals surface area contributed by atoms with Gasteiger partial charge >= 0.3 is 0 Å². The third-order valence-corrected chi connectivity index (χ3v) is 2.71. The van der Waals surface area contributed by atoms with Crippen LogP contribution < -0.4 is 15.4 Å². The van der Waals surface area contributed by atoms with E-state index in [1.807, 2.05) is 0 Å². The summed E-state index contributed by atoms with van der Waals surface area (Å²) in [7, 11) is 0. The zero-order chi connectivity index (χ0) is 11.5. The molecule has 0 atom stereocenters. The quantitative estimate of drug-likeness (QED) is 0.645. The van der Waals surface area contributed by atoms with Crippen LogP contribution in [-0.4, -0.2) is 24.9 Å². The lowest BCUT2D eigenvalue weighted by Gasteiger charge is -2.29. The van der Waals surface area contributed by atoms with Gasteiger partial charge in [0.1, 0.15) is 5.75 Å². The fraction of sp³-hybridized carbons (Fsp3) is 0.364. The lowest BCUT2D eigenvalue weighted by atomic mass is 10.2. The molecule has 1 aromatic rings. The van der Waals surface area contributed by atoms with E-state index >= 15 is 0 Å². The molecule has 0 saturated heterocycles. The van der Waals surface area contributed by atoms with Gasteiger partial charge in [-0.1, -0.05) is 0 Å². The minimum absolute atomic E-state index is 0.0395. The van der Waals surface area contributed by atoms with Gasteiger partial charge in [-0.3, -0.25) is 4.79 Å². The highest BCUT2D eigenvalue weighted by Gasteiger charge is 2.24. The monoisotopic (exact) mass is 240 g/mol. The van der Waals surface area contributed by atoms with Crippen molar-refractivity contribution in [1.29, 1.82) is 0 Å². The van der Waals surface area contributed by atoms with Gasteiger partial charge in [0, 0.05) is 24.2 Å². The predicted octanol–water partition coefficient (Wildman–Crippen LogP) is 1.62. The molecule has 4 nitrogen and oxygen atoms in total. The van der Waals surface area contributed by atoms with Crippen LogP contribution in [0.1, 0.15) is 6.42 Å². The molecule has 0 saturated carbocycles. The number of carbonyl (C=O) groups excluding carboxylic acids is 1. The third-order valence-electron chi connectivity index (χ3n) is 2.44. The Morgan fingerprint density at radius 3 is 3.06 bits per heavy atom. The predicted molar refractivity (Wildman–Crippen MR) is 64.0 cm³/mol. The third kappa shape index (κ3) is 2.07. The van der Waals surface area contributed by atoms with Crippen molar-refractivity contribution in [2.75, 3.05) is 29.7 Å². The lowest BCUT2D eigenvalue weighted by molar-refractivity contribution is -0.121. The molecule has 2 rings (SSSR count). The fourth-order valence-corrected chi connectivity index (χ4v) is 1.80. The number of nitrogens with two attached hydrogens (primary N) is 1. The molecule has 0 aromatic heterocycles. The van der Waals surface area contributed by atoms with Crippen molar-refractivity contribution in [3.63, 3.8) is 0 Å². The average Bonchev–Trinajstić information content (AvgIpc) is 2.28. The highest BCUT2D eigenvalue weighted by Crippen LogP contribution is 2.33. The molecule has 86 valence electrons. The number of nitrogens with zero attached hydrogens (tertiary/aromatic N) is 1. The van der Waals surface area contributed by atoms with Gasteiger partial charge in [-0.15, -0.1) is 11.6 Å². The Hall–Kier alpha value is -1.42. The number of rotatable bonds is 3. The zero-order valence-corrected chi connectivity index (χ0v) is 9.54. The number of hydrogen-bond acceptors (Lipinski definition) is 3. The molecule has 0 bridgehead atoms. The Morgan fingerprint density at radius 2 is 2.31 bits per heavy atom. The number of alkyl halides is 1. The Bertz CT molecular complexity index is 409. The molecule has 1 aliphatic rings. The Labute approximate surface area is 98.9 Å². The van der Waals surface area contributed by atoms with E-state index in [1.165, 1.54) is 0 Å². The Morgan fingerprint density at radius 1 is 1.50 bits per heavy atom. The number of fused-ring (bicyclic) bond motifs is 1. The second kappa shape index (κ2) is 4.61. The topological polar surface area (TPSA) is 55.6 Å². The van der Waals surface area contributed by atoms with Gasteiger partial charge in [0.25, 0.3) is 5.91 Å². The number of anilines is 2. The Balaban J connectivity index is 2.29. The van der Waals surface area contributed by atoms with E-state index in [1.54, 1.807) is 23.1 Å². The van der Waals surface area contributed by atoms with Gasteiger partial charge in [-0.05, 0) is 18.6 Å². The molecule has 1 heterocycles. The molecule has 0 unspecified atom stereocenters. The van der Waals surface area contributed by atoms with Crippen LogP contribution in [0.15, 0.2) is 18.2 Å². The van der Waals surface area contributed by atoms with Gasteiger partial charge < -0.3 is 15.4 Å². The molecule has 2 N–H and O–H groups in total. The molecule has 0 fully saturated rings. The van der Waals surface area contributed by atoms with Crippen molar-refractivity contribution >= 4 is 28.9 Å². The van der Waals surface area contributed by atoms with E-state index in [4.69, 9.17) is 22.1 Å². The number of benzene rings is 1. The number of ether oxygens (including phenoxy) is 1. The van der Waals surface area contributed by atoms with Gasteiger partial charge in [-0.2, -0.15) is 0 Å². The summed E-state index contributed by atoms with van der Waals surface area (Å²) in [5, 5.41) is 0. The van der Waals surface area contributed by atoms with Crippen molar-refractivity contribution < 1.29 is 9.53 Å². The summed E-state index contributed by atoms with van der Waals surface area (Å²) >= 11 is 5.63. The molecular weight excluding hydrogens is 228 g/mol. The maximum atomic E-state index is 11.7. The molecule has 1 amide bonds. The van der Waals surface area contributed by atoms with Crippen molar-refractivity contribution in [2.45, 2.75) is 6.42 Å². The van der Waals surface area contributed by atoms with Gasteiger partial charge in [0.2, 0.25) is 0 Å². The van der Waals surface area contributed by atoms with E-state index in [0.717, 1.165) is 12.1 Å². The van der Waals surface area contributed by atoms with Gasteiger partial charge in [0.15, 0.2) is 6.61 Å². The summed E-state index contributed by atoms with van der Waals surface area (Å²) in [5.74, 6) is 1.16. The molecule has 0 radical (unpaired) electrons. The van der Waals surface area contributed by atoms with Crippen molar-refractivity contribution in [1.82, 2.24) is 0 Å². The maximum Gasteiger partial charge on any atom is 0.265 e. The number of nitrogen functional groups attached to an aromatic ring is 1. The summed E-state index contributed by atoms with van der Waals surface area (Å²) in [6, 6.07) is 5.29. The van der Waals surface area contributed by atoms with Crippen molar-refractivity contribution in [3.05, 3.63) is 18.2 Å². The van der Waals surface area contributed by atoms with Crippen LogP contribution in [0.25, 0.3) is 0 Å². The molecule has 16 heavy (non-hydrogen) atoms. The molecule has 1 aliphatic heterocycles. The van der Waals surface area contributed by atoms with Crippen LogP contribution in [0.2, 0.25) is 0 Å². The highest BCUT2D eigenvalue weighted by molar-refractivity contribution is 6.17. The molecule has 0 aliphatic carbocycles. The van der Waals surface area contributed by atoms with Crippen LogP contribution in [0.3, 0.4) is 0 Å². The molecular formula is C11H13ClN2O2. The number of amides is 1. The number of halogens is 1. The minimum atomic E-state index is -0.0395.